The monoisotopic (exact) mass is 560 g/mol. The molecule has 3 aromatic rings. The lowest BCUT2D eigenvalue weighted by Gasteiger charge is -2.30. The molecule has 39 heavy (non-hydrogen) atoms. The highest BCUT2D eigenvalue weighted by atomic mass is 31.2. The lowest BCUT2D eigenvalue weighted by atomic mass is 10.1. The van der Waals surface area contributed by atoms with E-state index in [1.165, 1.54) is 42.6 Å². The van der Waals surface area contributed by atoms with Crippen molar-refractivity contribution in [3.8, 4) is 11.5 Å². The van der Waals surface area contributed by atoms with Gasteiger partial charge in [0.1, 0.15) is 24.0 Å². The summed E-state index contributed by atoms with van der Waals surface area (Å²) in [5, 5.41) is 2.69. The number of carbonyl (C=O) groups is 1. The van der Waals surface area contributed by atoms with E-state index in [0.717, 1.165) is 10.1 Å². The van der Waals surface area contributed by atoms with Crippen LogP contribution in [0.2, 0.25) is 0 Å². The molecule has 0 spiro atoms. The van der Waals surface area contributed by atoms with Crippen LogP contribution < -0.4 is 15.6 Å². The van der Waals surface area contributed by atoms with Crippen LogP contribution in [0.5, 0.6) is 11.5 Å². The fraction of sp³-hybridized carbons (Fsp3) is 0.357. The highest BCUT2D eigenvalue weighted by molar-refractivity contribution is 7.48. The van der Waals surface area contributed by atoms with Crippen LogP contribution in [-0.2, 0) is 24.9 Å². The first-order chi connectivity index (χ1) is 18.0. The first kappa shape index (κ1) is 30.2. The number of nitrogens with one attached hydrogen (secondary N) is 1. The van der Waals surface area contributed by atoms with Gasteiger partial charge in [0.15, 0.2) is 0 Å². The molecule has 0 unspecified atom stereocenters. The van der Waals surface area contributed by atoms with Gasteiger partial charge in [0.25, 0.3) is 11.5 Å². The Labute approximate surface area is 227 Å². The van der Waals surface area contributed by atoms with Crippen LogP contribution in [0.3, 0.4) is 0 Å². The number of pyridine rings is 1. The van der Waals surface area contributed by atoms with Crippen molar-refractivity contribution in [2.75, 3.05) is 5.32 Å². The van der Waals surface area contributed by atoms with Gasteiger partial charge < -0.3 is 10.1 Å². The molecule has 0 saturated carbocycles. The summed E-state index contributed by atoms with van der Waals surface area (Å²) in [5.74, 6) is -0.290. The molecule has 0 aliphatic carbocycles. The Balaban J connectivity index is 1.75. The highest BCUT2D eigenvalue weighted by Gasteiger charge is 2.37. The van der Waals surface area contributed by atoms with E-state index in [1.807, 2.05) is 6.92 Å². The van der Waals surface area contributed by atoms with E-state index in [-0.39, 0.29) is 17.0 Å². The second-order valence-corrected chi connectivity index (χ2v) is 12.4. The molecule has 1 aromatic heterocycles. The number of carbonyl (C=O) groups excluding carboxylic acids is 1. The minimum atomic E-state index is -4.03. The zero-order valence-electron chi connectivity index (χ0n) is 23.1. The SMILES string of the molecule is Cc1ccc(Oc2ccc(F)cc2)c(C(=O)Nc2ccn(COP(=O)(OC(C)(C)C)OC(C)(C)C)c(=O)c2)c1. The van der Waals surface area contributed by atoms with Gasteiger partial charge >= 0.3 is 7.82 Å². The molecule has 9 nitrogen and oxygen atoms in total. The number of halogens is 1. The van der Waals surface area contributed by atoms with Crippen molar-refractivity contribution in [3.63, 3.8) is 0 Å². The predicted molar refractivity (Wildman–Crippen MR) is 147 cm³/mol. The van der Waals surface area contributed by atoms with Crippen molar-refractivity contribution < 1.29 is 32.1 Å². The standard InChI is InChI=1S/C28H34FN2O7P/c1-19-8-13-24(36-22-11-9-20(29)10-12-22)23(16-19)26(33)30-21-14-15-31(25(32)17-21)18-35-39(34,37-27(2,3)4)38-28(5,6)7/h8-17H,18H2,1-7H3,(H,30,33). The second-order valence-electron chi connectivity index (χ2n) is 10.8. The van der Waals surface area contributed by atoms with Crippen LogP contribution in [0.15, 0.2) is 65.6 Å². The van der Waals surface area contributed by atoms with E-state index < -0.39 is 43.0 Å². The molecule has 0 aliphatic rings. The molecule has 2 aromatic carbocycles. The second kappa shape index (κ2) is 11.8. The Morgan fingerprint density at radius 3 is 2.13 bits per heavy atom. The summed E-state index contributed by atoms with van der Waals surface area (Å²) in [6.45, 7) is 11.7. The van der Waals surface area contributed by atoms with Crippen molar-refractivity contribution in [1.29, 1.82) is 0 Å². The molecular formula is C28H34FN2O7P. The summed E-state index contributed by atoms with van der Waals surface area (Å²) in [6.07, 6.45) is 1.39. The van der Waals surface area contributed by atoms with Crippen molar-refractivity contribution in [3.05, 3.63) is 88.1 Å². The van der Waals surface area contributed by atoms with Crippen LogP contribution >= 0.6 is 7.82 Å². The summed E-state index contributed by atoms with van der Waals surface area (Å²) in [7, 11) is -4.03. The van der Waals surface area contributed by atoms with Crippen LogP contribution in [-0.4, -0.2) is 21.7 Å². The van der Waals surface area contributed by atoms with Crippen molar-refractivity contribution in [2.24, 2.45) is 0 Å². The average Bonchev–Trinajstić information content (AvgIpc) is 2.78. The Hall–Kier alpha value is -3.30. The number of rotatable bonds is 9. The zero-order chi connectivity index (χ0) is 29.0. The molecule has 0 saturated heterocycles. The largest absolute Gasteiger partial charge is 0.477 e. The smallest absolute Gasteiger partial charge is 0.457 e. The van der Waals surface area contributed by atoms with E-state index in [9.17, 15) is 18.5 Å². The number of aromatic nitrogens is 1. The number of hydrogen-bond acceptors (Lipinski definition) is 7. The summed E-state index contributed by atoms with van der Waals surface area (Å²) in [5.41, 5.74) is -0.886. The lowest BCUT2D eigenvalue weighted by molar-refractivity contribution is -0.00651. The van der Waals surface area contributed by atoms with Crippen molar-refractivity contribution >= 4 is 19.4 Å². The third kappa shape index (κ3) is 9.44. The Kier molecular flexibility index (Phi) is 9.18. The Bertz CT molecular complexity index is 1400. The van der Waals surface area contributed by atoms with Crippen LogP contribution in [0.25, 0.3) is 0 Å². The number of aryl methyl sites for hydroxylation is 1. The summed E-state index contributed by atoms with van der Waals surface area (Å²) in [6, 6.07) is 13.2. The minimum Gasteiger partial charge on any atom is -0.457 e. The third-order valence-corrected chi connectivity index (χ3v) is 6.78. The first-order valence-corrected chi connectivity index (χ1v) is 13.7. The van der Waals surface area contributed by atoms with Crippen LogP contribution in [0, 0.1) is 12.7 Å². The molecule has 3 rings (SSSR count). The lowest BCUT2D eigenvalue weighted by Crippen LogP contribution is -2.26. The number of phosphoric acid groups is 1. The fourth-order valence-electron chi connectivity index (χ4n) is 3.31. The maximum absolute atomic E-state index is 13.2. The summed E-state index contributed by atoms with van der Waals surface area (Å²) >= 11 is 0. The highest BCUT2D eigenvalue weighted by Crippen LogP contribution is 2.55. The van der Waals surface area contributed by atoms with Crippen molar-refractivity contribution in [1.82, 2.24) is 4.57 Å². The predicted octanol–water partition coefficient (Wildman–Crippen LogP) is 7.05. The van der Waals surface area contributed by atoms with Crippen LogP contribution in [0.4, 0.5) is 10.1 Å². The number of anilines is 1. The maximum atomic E-state index is 13.2. The number of nitrogens with zero attached hydrogens (tertiary/aromatic N) is 1. The number of amides is 1. The normalized spacial score (nSPS) is 12.3. The van der Waals surface area contributed by atoms with Gasteiger partial charge in [-0.1, -0.05) is 11.6 Å². The molecule has 210 valence electrons. The quantitative estimate of drug-likeness (QED) is 0.280. The molecule has 1 amide bonds. The number of ether oxygens (including phenoxy) is 1. The molecule has 0 atom stereocenters. The molecule has 1 N–H and O–H groups in total. The van der Waals surface area contributed by atoms with Gasteiger partial charge in [0, 0.05) is 18.0 Å². The van der Waals surface area contributed by atoms with Crippen LogP contribution in [0.1, 0.15) is 57.5 Å². The fourth-order valence-corrected chi connectivity index (χ4v) is 5.06. The van der Waals surface area contributed by atoms with E-state index in [0.29, 0.717) is 5.75 Å². The van der Waals surface area contributed by atoms with Gasteiger partial charge in [0.05, 0.1) is 16.8 Å². The molecule has 0 radical (unpaired) electrons. The number of phosphoric ester groups is 1. The summed E-state index contributed by atoms with van der Waals surface area (Å²) in [4.78, 5) is 25.8. The molecular weight excluding hydrogens is 526 g/mol. The zero-order valence-corrected chi connectivity index (χ0v) is 24.0. The Morgan fingerprint density at radius 1 is 0.949 bits per heavy atom. The molecule has 1 heterocycles. The van der Waals surface area contributed by atoms with Crippen molar-refractivity contribution in [2.45, 2.75) is 66.4 Å². The van der Waals surface area contributed by atoms with Gasteiger partial charge in [-0.3, -0.25) is 27.7 Å². The molecule has 0 bridgehead atoms. The molecule has 0 aliphatic heterocycles. The number of hydrogen-bond donors (Lipinski definition) is 1. The average molecular weight is 561 g/mol. The topological polar surface area (TPSA) is 105 Å². The minimum absolute atomic E-state index is 0.228. The van der Waals surface area contributed by atoms with Gasteiger partial charge in [-0.05, 0) is 90.9 Å². The van der Waals surface area contributed by atoms with E-state index in [4.69, 9.17) is 18.3 Å². The van der Waals surface area contributed by atoms with E-state index in [2.05, 4.69) is 5.32 Å². The summed E-state index contributed by atoms with van der Waals surface area (Å²) < 4.78 is 50.0. The molecule has 0 fully saturated rings. The van der Waals surface area contributed by atoms with Gasteiger partial charge in [-0.15, -0.1) is 0 Å². The Morgan fingerprint density at radius 2 is 1.56 bits per heavy atom. The molecule has 11 heteroatoms. The maximum Gasteiger partial charge on any atom is 0.477 e. The third-order valence-electron chi connectivity index (χ3n) is 4.80. The van der Waals surface area contributed by atoms with E-state index in [1.54, 1.807) is 59.7 Å². The van der Waals surface area contributed by atoms with Gasteiger partial charge in [-0.2, -0.15) is 0 Å². The number of benzene rings is 2. The first-order valence-electron chi connectivity index (χ1n) is 12.2. The van der Waals surface area contributed by atoms with E-state index >= 15 is 0 Å². The van der Waals surface area contributed by atoms with Gasteiger partial charge in [-0.25, -0.2) is 8.96 Å². The van der Waals surface area contributed by atoms with Gasteiger partial charge in [0.2, 0.25) is 0 Å².